The van der Waals surface area contributed by atoms with Crippen LogP contribution in [0.25, 0.3) is 0 Å². The summed E-state index contributed by atoms with van der Waals surface area (Å²) in [6.07, 6.45) is -1.12. The minimum Gasteiger partial charge on any atom is -0.481 e. The molecule has 88 valence electrons. The fourth-order valence-corrected chi connectivity index (χ4v) is 1.15. The molecule has 0 saturated heterocycles. The van der Waals surface area contributed by atoms with Gasteiger partial charge in [0.1, 0.15) is 5.75 Å². The molecular formula is C12H17NO3. The third kappa shape index (κ3) is 4.31. The molecule has 0 aromatic heterocycles. The first kappa shape index (κ1) is 12.5. The Balaban J connectivity index is 2.40. The first-order chi connectivity index (χ1) is 7.59. The molecule has 0 aliphatic carbocycles. The molecule has 1 aromatic rings. The van der Waals surface area contributed by atoms with Gasteiger partial charge in [0.05, 0.1) is 6.10 Å². The molecule has 0 heterocycles. The normalized spacial score (nSPS) is 13.9. The number of amides is 1. The predicted molar refractivity (Wildman–Crippen MR) is 61.2 cm³/mol. The molecule has 16 heavy (non-hydrogen) atoms. The zero-order valence-electron chi connectivity index (χ0n) is 9.51. The monoisotopic (exact) mass is 223 g/mol. The minimum absolute atomic E-state index is 0.232. The van der Waals surface area contributed by atoms with Gasteiger partial charge in [-0.25, -0.2) is 0 Å². The lowest BCUT2D eigenvalue weighted by Crippen LogP contribution is -2.39. The first-order valence-corrected chi connectivity index (χ1v) is 5.27. The summed E-state index contributed by atoms with van der Waals surface area (Å²) in [5.41, 5.74) is 0. The van der Waals surface area contributed by atoms with Gasteiger partial charge in [-0.1, -0.05) is 18.2 Å². The van der Waals surface area contributed by atoms with Gasteiger partial charge >= 0.3 is 0 Å². The van der Waals surface area contributed by atoms with Gasteiger partial charge < -0.3 is 15.2 Å². The molecule has 0 bridgehead atoms. The molecule has 1 rings (SSSR count). The maximum absolute atomic E-state index is 11.5. The fraction of sp³-hybridized carbons (Fsp3) is 0.417. The number of nitrogens with one attached hydrogen (secondary N) is 1. The van der Waals surface area contributed by atoms with Gasteiger partial charge in [-0.3, -0.25) is 4.79 Å². The summed E-state index contributed by atoms with van der Waals surface area (Å²) in [7, 11) is 0. The Hall–Kier alpha value is -1.55. The summed E-state index contributed by atoms with van der Waals surface area (Å²) in [6.45, 7) is 3.52. The van der Waals surface area contributed by atoms with Gasteiger partial charge in [0.25, 0.3) is 5.91 Å². The van der Waals surface area contributed by atoms with E-state index in [9.17, 15) is 4.79 Å². The molecule has 4 heteroatoms. The summed E-state index contributed by atoms with van der Waals surface area (Å²) in [4.78, 5) is 11.5. The minimum atomic E-state index is -0.568. The molecule has 1 aromatic carbocycles. The zero-order chi connectivity index (χ0) is 12.0. The standard InChI is InChI=1S/C12H17NO3/c1-9(14)8-13-12(15)10(2)16-11-6-4-3-5-7-11/h3-7,9-10,14H,8H2,1-2H3,(H,13,15)/t9-,10?/m1/s1. The van der Waals surface area contributed by atoms with Crippen LogP contribution in [-0.2, 0) is 4.79 Å². The summed E-state index contributed by atoms with van der Waals surface area (Å²) < 4.78 is 5.41. The summed E-state index contributed by atoms with van der Waals surface area (Å²) in [5, 5.41) is 11.6. The van der Waals surface area contributed by atoms with E-state index in [0.717, 1.165) is 0 Å². The van der Waals surface area contributed by atoms with Crippen molar-refractivity contribution in [2.45, 2.75) is 26.1 Å². The Morgan fingerprint density at radius 3 is 2.56 bits per heavy atom. The van der Waals surface area contributed by atoms with Crippen LogP contribution in [0.2, 0.25) is 0 Å². The molecule has 1 unspecified atom stereocenters. The number of carbonyl (C=O) groups excluding carboxylic acids is 1. The van der Waals surface area contributed by atoms with Gasteiger partial charge in [0.15, 0.2) is 6.10 Å². The molecule has 0 fully saturated rings. The van der Waals surface area contributed by atoms with E-state index in [0.29, 0.717) is 5.75 Å². The molecule has 0 saturated carbocycles. The summed E-state index contributed by atoms with van der Waals surface area (Å²) >= 11 is 0. The van der Waals surface area contributed by atoms with E-state index in [1.165, 1.54) is 0 Å². The Kier molecular flexibility index (Phi) is 4.79. The van der Waals surface area contributed by atoms with Crippen LogP contribution in [0.3, 0.4) is 0 Å². The second-order valence-electron chi connectivity index (χ2n) is 3.67. The van der Waals surface area contributed by atoms with E-state index in [-0.39, 0.29) is 12.5 Å². The van der Waals surface area contributed by atoms with E-state index < -0.39 is 12.2 Å². The number of benzene rings is 1. The molecule has 0 radical (unpaired) electrons. The van der Waals surface area contributed by atoms with E-state index in [1.54, 1.807) is 26.0 Å². The molecule has 2 N–H and O–H groups in total. The third-order valence-corrected chi connectivity index (χ3v) is 2.00. The highest BCUT2D eigenvalue weighted by atomic mass is 16.5. The number of hydrogen-bond donors (Lipinski definition) is 2. The van der Waals surface area contributed by atoms with Gasteiger partial charge in [-0.05, 0) is 26.0 Å². The predicted octanol–water partition coefficient (Wildman–Crippen LogP) is 0.951. The van der Waals surface area contributed by atoms with Crippen molar-refractivity contribution in [3.05, 3.63) is 30.3 Å². The maximum atomic E-state index is 11.5. The maximum Gasteiger partial charge on any atom is 0.260 e. The van der Waals surface area contributed by atoms with Crippen LogP contribution in [-0.4, -0.2) is 29.8 Å². The molecule has 0 aliphatic rings. The third-order valence-electron chi connectivity index (χ3n) is 2.00. The van der Waals surface area contributed by atoms with Crippen LogP contribution in [0.4, 0.5) is 0 Å². The van der Waals surface area contributed by atoms with Crippen molar-refractivity contribution in [1.82, 2.24) is 5.32 Å². The SMILES string of the molecule is CC(Oc1ccccc1)C(=O)NC[C@@H](C)O. The molecule has 0 aliphatic heterocycles. The van der Waals surface area contributed by atoms with Crippen molar-refractivity contribution in [2.75, 3.05) is 6.54 Å². The quantitative estimate of drug-likeness (QED) is 0.781. The van der Waals surface area contributed by atoms with Crippen molar-refractivity contribution in [3.8, 4) is 5.75 Å². The van der Waals surface area contributed by atoms with Crippen LogP contribution in [0.1, 0.15) is 13.8 Å². The Morgan fingerprint density at radius 1 is 1.38 bits per heavy atom. The Morgan fingerprint density at radius 2 is 2.00 bits per heavy atom. The van der Waals surface area contributed by atoms with E-state index in [1.807, 2.05) is 18.2 Å². The number of aliphatic hydroxyl groups excluding tert-OH is 1. The van der Waals surface area contributed by atoms with E-state index in [4.69, 9.17) is 9.84 Å². The second kappa shape index (κ2) is 6.12. The Bertz CT molecular complexity index is 324. The van der Waals surface area contributed by atoms with Crippen molar-refractivity contribution < 1.29 is 14.6 Å². The summed E-state index contributed by atoms with van der Waals surface area (Å²) in [6, 6.07) is 9.15. The number of aliphatic hydroxyl groups is 1. The van der Waals surface area contributed by atoms with Gasteiger partial charge in [0.2, 0.25) is 0 Å². The lowest BCUT2D eigenvalue weighted by molar-refractivity contribution is -0.127. The van der Waals surface area contributed by atoms with Gasteiger partial charge in [-0.15, -0.1) is 0 Å². The van der Waals surface area contributed by atoms with Crippen LogP contribution < -0.4 is 10.1 Å². The number of hydrogen-bond acceptors (Lipinski definition) is 3. The highest BCUT2D eigenvalue weighted by Gasteiger charge is 2.14. The first-order valence-electron chi connectivity index (χ1n) is 5.27. The topological polar surface area (TPSA) is 58.6 Å². The van der Waals surface area contributed by atoms with Crippen molar-refractivity contribution in [2.24, 2.45) is 0 Å². The van der Waals surface area contributed by atoms with Crippen molar-refractivity contribution in [1.29, 1.82) is 0 Å². The van der Waals surface area contributed by atoms with Gasteiger partial charge in [0, 0.05) is 6.54 Å². The van der Waals surface area contributed by atoms with Crippen LogP contribution >= 0.6 is 0 Å². The molecule has 1 amide bonds. The fourth-order valence-electron chi connectivity index (χ4n) is 1.15. The average Bonchev–Trinajstić information content (AvgIpc) is 2.27. The van der Waals surface area contributed by atoms with Crippen LogP contribution in [0.5, 0.6) is 5.75 Å². The van der Waals surface area contributed by atoms with Crippen LogP contribution in [0.15, 0.2) is 30.3 Å². The lowest BCUT2D eigenvalue weighted by atomic mass is 10.3. The molecular weight excluding hydrogens is 206 g/mol. The summed E-state index contributed by atoms with van der Waals surface area (Å²) in [5.74, 6) is 0.423. The highest BCUT2D eigenvalue weighted by molar-refractivity contribution is 5.80. The zero-order valence-corrected chi connectivity index (χ0v) is 9.51. The van der Waals surface area contributed by atoms with E-state index >= 15 is 0 Å². The molecule has 0 spiro atoms. The van der Waals surface area contributed by atoms with E-state index in [2.05, 4.69) is 5.32 Å². The number of para-hydroxylation sites is 1. The average molecular weight is 223 g/mol. The Labute approximate surface area is 95.2 Å². The second-order valence-corrected chi connectivity index (χ2v) is 3.67. The molecule has 2 atom stereocenters. The number of ether oxygens (including phenoxy) is 1. The molecule has 4 nitrogen and oxygen atoms in total. The number of carbonyl (C=O) groups is 1. The largest absolute Gasteiger partial charge is 0.481 e. The van der Waals surface area contributed by atoms with Crippen LogP contribution in [0, 0.1) is 0 Å². The smallest absolute Gasteiger partial charge is 0.260 e. The van der Waals surface area contributed by atoms with Crippen molar-refractivity contribution in [3.63, 3.8) is 0 Å². The van der Waals surface area contributed by atoms with Crippen molar-refractivity contribution >= 4 is 5.91 Å². The van der Waals surface area contributed by atoms with Gasteiger partial charge in [-0.2, -0.15) is 0 Å². The lowest BCUT2D eigenvalue weighted by Gasteiger charge is -2.15. The highest BCUT2D eigenvalue weighted by Crippen LogP contribution is 2.10. The number of rotatable bonds is 5.